The van der Waals surface area contributed by atoms with Gasteiger partial charge in [-0.1, -0.05) is 13.8 Å². The van der Waals surface area contributed by atoms with Gasteiger partial charge < -0.3 is 0 Å². The molecule has 234 valence electrons. The largest absolute Gasteiger partial charge is 0.460 e. The van der Waals surface area contributed by atoms with Crippen LogP contribution in [0.15, 0.2) is 12.1 Å². The lowest BCUT2D eigenvalue weighted by Gasteiger charge is -2.36. The molecule has 0 heterocycles. The molecule has 0 aliphatic rings. The molecule has 0 spiro atoms. The van der Waals surface area contributed by atoms with Crippen LogP contribution in [-0.2, 0) is 24.2 Å². The van der Waals surface area contributed by atoms with Gasteiger partial charge in [-0.2, -0.15) is 92.2 Å². The van der Waals surface area contributed by atoms with Crippen molar-refractivity contribution in [1.82, 2.24) is 0 Å². The standard InChI is InChI=1S/C19H11F21/c1-6(2)3-8-9(12(22,23)15(28,29)18(35,36)37)4-7(11(20,21)14(26,27)17(32,33)34)5-10(8)13(24,25)16(30,31)19(38,39)40/h4-6H,3H2,1-2H3. The van der Waals surface area contributed by atoms with Gasteiger partial charge in [-0.3, -0.25) is 0 Å². The first-order valence-electron chi connectivity index (χ1n) is 9.79. The Morgan fingerprint density at radius 3 is 0.925 bits per heavy atom. The molecule has 0 N–H and O–H groups in total. The minimum atomic E-state index is -7.56. The molecule has 0 radical (unpaired) electrons. The van der Waals surface area contributed by atoms with Crippen molar-refractivity contribution in [2.24, 2.45) is 5.92 Å². The number of alkyl halides is 21. The van der Waals surface area contributed by atoms with E-state index in [9.17, 15) is 92.2 Å². The molecule has 0 fully saturated rings. The predicted octanol–water partition coefficient (Wildman–Crippen LogP) is 9.75. The second-order valence-electron chi connectivity index (χ2n) is 8.59. The van der Waals surface area contributed by atoms with E-state index in [1.54, 1.807) is 0 Å². The van der Waals surface area contributed by atoms with Crippen LogP contribution in [0, 0.1) is 5.92 Å². The van der Waals surface area contributed by atoms with Gasteiger partial charge in [-0.15, -0.1) is 0 Å². The molecule has 0 amide bonds. The van der Waals surface area contributed by atoms with Crippen LogP contribution in [0.3, 0.4) is 0 Å². The van der Waals surface area contributed by atoms with Crippen molar-refractivity contribution in [1.29, 1.82) is 0 Å². The summed E-state index contributed by atoms with van der Waals surface area (Å²) >= 11 is 0. The lowest BCUT2D eigenvalue weighted by Crippen LogP contribution is -2.53. The van der Waals surface area contributed by atoms with Crippen molar-refractivity contribution >= 4 is 0 Å². The monoisotopic (exact) mass is 638 g/mol. The number of halogens is 21. The van der Waals surface area contributed by atoms with Crippen molar-refractivity contribution in [2.75, 3.05) is 0 Å². The van der Waals surface area contributed by atoms with Crippen molar-refractivity contribution in [3.05, 3.63) is 34.4 Å². The molecular formula is C19H11F21. The predicted molar refractivity (Wildman–Crippen MR) is 89.7 cm³/mol. The molecule has 0 saturated carbocycles. The van der Waals surface area contributed by atoms with E-state index in [-0.39, 0.29) is 0 Å². The Bertz CT molecular complexity index is 1010. The molecule has 1 rings (SSSR count). The average molecular weight is 638 g/mol. The van der Waals surface area contributed by atoms with Crippen LogP contribution < -0.4 is 0 Å². The molecule has 21 heteroatoms. The first kappa shape index (κ1) is 35.8. The Hall–Kier alpha value is -2.25. The Balaban J connectivity index is 4.57. The fraction of sp³-hybridized carbons (Fsp3) is 0.684. The zero-order chi connectivity index (χ0) is 32.5. The van der Waals surface area contributed by atoms with E-state index >= 15 is 0 Å². The van der Waals surface area contributed by atoms with E-state index in [0.717, 1.165) is 0 Å². The van der Waals surface area contributed by atoms with E-state index in [4.69, 9.17) is 0 Å². The summed E-state index contributed by atoms with van der Waals surface area (Å²) in [6, 6.07) is -3.30. The van der Waals surface area contributed by atoms with Crippen LogP contribution in [0.25, 0.3) is 0 Å². The first-order valence-corrected chi connectivity index (χ1v) is 9.79. The van der Waals surface area contributed by atoms with Crippen LogP contribution in [-0.4, -0.2) is 36.3 Å². The smallest absolute Gasteiger partial charge is 0.194 e. The highest BCUT2D eigenvalue weighted by molar-refractivity contribution is 5.48. The molecular weight excluding hydrogens is 627 g/mol. The third kappa shape index (κ3) is 5.36. The van der Waals surface area contributed by atoms with Crippen molar-refractivity contribution < 1.29 is 92.2 Å². The fourth-order valence-electron chi connectivity index (χ4n) is 3.10. The maximum Gasteiger partial charge on any atom is 0.460 e. The second kappa shape index (κ2) is 9.65. The lowest BCUT2D eigenvalue weighted by molar-refractivity contribution is -0.362. The van der Waals surface area contributed by atoms with Crippen LogP contribution in [0.1, 0.15) is 36.1 Å². The quantitative estimate of drug-likeness (QED) is 0.249. The molecule has 0 unspecified atom stereocenters. The van der Waals surface area contributed by atoms with Crippen LogP contribution in [0.5, 0.6) is 0 Å². The summed E-state index contributed by atoms with van der Waals surface area (Å²) in [6.45, 7) is 1.35. The molecule has 0 atom stereocenters. The molecule has 0 saturated heterocycles. The third-order valence-corrected chi connectivity index (χ3v) is 5.15. The molecule has 40 heavy (non-hydrogen) atoms. The lowest BCUT2D eigenvalue weighted by atomic mass is 9.81. The summed E-state index contributed by atoms with van der Waals surface area (Å²) in [6.07, 6.45) is -24.3. The van der Waals surface area contributed by atoms with Gasteiger partial charge in [0.15, 0.2) is 0 Å². The van der Waals surface area contributed by atoms with Crippen molar-refractivity contribution in [3.8, 4) is 0 Å². The molecule has 0 aliphatic heterocycles. The van der Waals surface area contributed by atoms with Gasteiger partial charge in [0, 0.05) is 16.7 Å². The maximum atomic E-state index is 14.6. The highest BCUT2D eigenvalue weighted by Gasteiger charge is 2.78. The van der Waals surface area contributed by atoms with E-state index < -0.39 is 101 Å². The van der Waals surface area contributed by atoms with E-state index in [0.29, 0.717) is 13.8 Å². The van der Waals surface area contributed by atoms with Crippen molar-refractivity contribution in [3.63, 3.8) is 0 Å². The topological polar surface area (TPSA) is 0 Å². The fourth-order valence-corrected chi connectivity index (χ4v) is 3.10. The summed E-state index contributed by atoms with van der Waals surface area (Å²) < 4.78 is 282. The molecule has 0 aromatic heterocycles. The highest BCUT2D eigenvalue weighted by atomic mass is 19.4. The Morgan fingerprint density at radius 1 is 0.450 bits per heavy atom. The summed E-state index contributed by atoms with van der Waals surface area (Å²) in [5.74, 6) is -45.9. The number of hydrogen-bond donors (Lipinski definition) is 0. The maximum absolute atomic E-state index is 14.6. The Morgan fingerprint density at radius 2 is 0.700 bits per heavy atom. The van der Waals surface area contributed by atoms with E-state index in [1.807, 2.05) is 0 Å². The van der Waals surface area contributed by atoms with E-state index in [1.165, 1.54) is 0 Å². The number of rotatable bonds is 8. The minimum Gasteiger partial charge on any atom is -0.194 e. The molecule has 1 aromatic rings. The third-order valence-electron chi connectivity index (χ3n) is 5.15. The molecule has 0 bridgehead atoms. The van der Waals surface area contributed by atoms with Gasteiger partial charge in [0.05, 0.1) is 0 Å². The summed E-state index contributed by atoms with van der Waals surface area (Å²) in [7, 11) is 0. The number of hydrogen-bond acceptors (Lipinski definition) is 0. The van der Waals surface area contributed by atoms with Crippen LogP contribution in [0.4, 0.5) is 92.2 Å². The van der Waals surface area contributed by atoms with Gasteiger partial charge in [0.25, 0.3) is 0 Å². The minimum absolute atomic E-state index is 0.675. The molecule has 0 nitrogen and oxygen atoms in total. The first-order chi connectivity index (χ1) is 17.1. The average Bonchev–Trinajstić information content (AvgIpc) is 2.69. The van der Waals surface area contributed by atoms with Crippen LogP contribution >= 0.6 is 0 Å². The SMILES string of the molecule is CC(C)Cc1c(C(F)(F)C(F)(F)C(F)(F)F)cc(C(F)(F)C(F)(F)C(F)(F)F)cc1C(F)(F)C(F)(F)C(F)(F)F. The second-order valence-corrected chi connectivity index (χ2v) is 8.59. The normalized spacial score (nSPS) is 15.7. The van der Waals surface area contributed by atoms with Gasteiger partial charge in [0.2, 0.25) is 0 Å². The summed E-state index contributed by atoms with van der Waals surface area (Å²) in [5, 5.41) is 0. The number of benzene rings is 1. The van der Waals surface area contributed by atoms with Gasteiger partial charge in [-0.05, 0) is 30.0 Å². The van der Waals surface area contributed by atoms with Gasteiger partial charge in [-0.25, -0.2) is 0 Å². The Labute approximate surface area is 208 Å². The van der Waals surface area contributed by atoms with Gasteiger partial charge in [0.1, 0.15) is 0 Å². The highest BCUT2D eigenvalue weighted by Crippen LogP contribution is 2.59. The zero-order valence-corrected chi connectivity index (χ0v) is 18.9. The van der Waals surface area contributed by atoms with Gasteiger partial charge >= 0.3 is 54.1 Å². The molecule has 1 aromatic carbocycles. The summed E-state index contributed by atoms with van der Waals surface area (Å²) in [5.41, 5.74) is -13.6. The Kier molecular flexibility index (Phi) is 8.63. The zero-order valence-electron chi connectivity index (χ0n) is 18.9. The van der Waals surface area contributed by atoms with Crippen LogP contribution in [0.2, 0.25) is 0 Å². The van der Waals surface area contributed by atoms with Crippen molar-refractivity contribution in [2.45, 2.75) is 74.3 Å². The summed E-state index contributed by atoms with van der Waals surface area (Å²) in [4.78, 5) is 0. The molecule has 0 aliphatic carbocycles. The van der Waals surface area contributed by atoms with E-state index in [2.05, 4.69) is 0 Å².